The van der Waals surface area contributed by atoms with Gasteiger partial charge in [0.2, 0.25) is 0 Å². The van der Waals surface area contributed by atoms with Crippen molar-refractivity contribution in [2.45, 2.75) is 142 Å². The molecule has 4 heteroatoms. The van der Waals surface area contributed by atoms with Crippen LogP contribution in [0.15, 0.2) is 115 Å². The minimum absolute atomic E-state index is 0.0287. The van der Waals surface area contributed by atoms with Gasteiger partial charge in [-0.05, 0) is 183 Å². The van der Waals surface area contributed by atoms with Crippen LogP contribution in [0.5, 0.6) is 0 Å². The maximum absolute atomic E-state index is 2.73. The van der Waals surface area contributed by atoms with Crippen molar-refractivity contribution in [3.63, 3.8) is 0 Å². The molecule has 7 aromatic rings. The monoisotopic (exact) mass is 898 g/mol. The fraction of sp³-hybridized carbons (Fsp3) is 0.397. The van der Waals surface area contributed by atoms with Crippen LogP contribution in [0.2, 0.25) is 0 Å². The van der Waals surface area contributed by atoms with Crippen LogP contribution in [0.3, 0.4) is 0 Å². The Bertz CT molecular complexity index is 3160. The Hall–Kier alpha value is -5.32. The summed E-state index contributed by atoms with van der Waals surface area (Å²) in [5.74, 6) is 2.53. The topological polar surface area (TPSA) is 9.72 Å². The Morgan fingerprint density at radius 2 is 1.01 bits per heavy atom. The average Bonchev–Trinajstić information content (AvgIpc) is 3.75. The van der Waals surface area contributed by atoms with E-state index in [2.05, 4.69) is 206 Å². The van der Waals surface area contributed by atoms with Gasteiger partial charge in [-0.3, -0.25) is 4.90 Å². The highest BCUT2D eigenvalue weighted by Crippen LogP contribution is 2.69. The van der Waals surface area contributed by atoms with E-state index < -0.39 is 0 Å². The number of hydrogen-bond donors (Lipinski definition) is 0. The van der Waals surface area contributed by atoms with Gasteiger partial charge in [0.15, 0.2) is 0 Å². The molecule has 0 atom stereocenters. The molecule has 0 radical (unpaired) electrons. The number of nitrogens with zero attached hydrogens (tertiary/aromatic N) is 3. The largest absolute Gasteiger partial charge is 0.306 e. The van der Waals surface area contributed by atoms with Crippen LogP contribution in [0.4, 0.5) is 50.5 Å². The summed E-state index contributed by atoms with van der Waals surface area (Å²) in [6.45, 7) is 25.9. The third-order valence-corrected chi connectivity index (χ3v) is 18.6. The Morgan fingerprint density at radius 3 is 1.60 bits per heavy atom. The zero-order chi connectivity index (χ0) is 46.3. The van der Waals surface area contributed by atoms with E-state index in [1.807, 2.05) is 11.3 Å². The van der Waals surface area contributed by atoms with Gasteiger partial charge in [-0.1, -0.05) is 131 Å². The van der Waals surface area contributed by atoms with Crippen LogP contribution in [0.25, 0.3) is 21.2 Å². The van der Waals surface area contributed by atoms with Gasteiger partial charge in [-0.15, -0.1) is 11.3 Å². The van der Waals surface area contributed by atoms with Crippen LogP contribution in [0, 0.1) is 17.8 Å². The van der Waals surface area contributed by atoms with E-state index in [0.29, 0.717) is 0 Å². The fourth-order valence-electron chi connectivity index (χ4n) is 14.3. The molecule has 0 saturated heterocycles. The summed E-state index contributed by atoms with van der Waals surface area (Å²) in [4.78, 5) is 8.10. The predicted octanol–water partition coefficient (Wildman–Crippen LogP) is 18.6. The van der Waals surface area contributed by atoms with Crippen molar-refractivity contribution in [2.75, 3.05) is 14.7 Å². The normalized spacial score (nSPS) is 23.0. The Balaban J connectivity index is 1.15. The minimum Gasteiger partial charge on any atom is -0.306 e. The van der Waals surface area contributed by atoms with Crippen molar-refractivity contribution in [2.24, 2.45) is 17.8 Å². The molecule has 5 aliphatic carbocycles. The van der Waals surface area contributed by atoms with Crippen LogP contribution in [-0.2, 0) is 27.1 Å². The maximum atomic E-state index is 2.73. The molecule has 0 amide bonds. The molecular formula is C63H67N3S. The molecule has 0 unspecified atom stereocenters. The van der Waals surface area contributed by atoms with E-state index in [1.165, 1.54) is 138 Å². The van der Waals surface area contributed by atoms with Crippen molar-refractivity contribution < 1.29 is 0 Å². The van der Waals surface area contributed by atoms with E-state index in [0.717, 1.165) is 17.8 Å². The van der Waals surface area contributed by atoms with Crippen LogP contribution < -0.4 is 14.7 Å². The number of benzene rings is 6. The van der Waals surface area contributed by atoms with E-state index in [9.17, 15) is 0 Å². The molecule has 3 nitrogen and oxygen atoms in total. The van der Waals surface area contributed by atoms with Crippen molar-refractivity contribution >= 4 is 71.9 Å². The third kappa shape index (κ3) is 6.06. The van der Waals surface area contributed by atoms with Crippen molar-refractivity contribution in [1.82, 2.24) is 0 Å². The van der Waals surface area contributed by atoms with Crippen LogP contribution >= 0.6 is 11.3 Å². The molecule has 4 fully saturated rings. The molecule has 6 aromatic carbocycles. The summed E-state index contributed by atoms with van der Waals surface area (Å²) < 4.78 is 1.35. The zero-order valence-electron chi connectivity index (χ0n) is 41.7. The molecule has 0 N–H and O–H groups in total. The lowest BCUT2D eigenvalue weighted by Gasteiger charge is -2.57. The minimum atomic E-state index is -0.0850. The Morgan fingerprint density at radius 1 is 0.478 bits per heavy atom. The molecule has 14 rings (SSSR count). The van der Waals surface area contributed by atoms with Gasteiger partial charge < -0.3 is 9.80 Å². The summed E-state index contributed by atoms with van der Waals surface area (Å²) in [6, 6.07) is 46.3. The van der Waals surface area contributed by atoms with Crippen LogP contribution in [0.1, 0.15) is 148 Å². The summed E-state index contributed by atoms with van der Waals surface area (Å²) >= 11 is 1.99. The highest BCUT2D eigenvalue weighted by Gasteiger charge is 2.53. The van der Waals surface area contributed by atoms with Crippen molar-refractivity contribution in [3.8, 4) is 11.1 Å². The number of fused-ring (bicyclic) bond motifs is 9. The number of thiophene rings is 1. The molecule has 7 aliphatic rings. The molecule has 340 valence electrons. The summed E-state index contributed by atoms with van der Waals surface area (Å²) in [6.07, 6.45) is 8.26. The smallest absolute Gasteiger partial charge is 0.126 e. The van der Waals surface area contributed by atoms with Crippen LogP contribution in [-0.4, -0.2) is 0 Å². The van der Waals surface area contributed by atoms with Crippen molar-refractivity contribution in [1.29, 1.82) is 0 Å². The lowest BCUT2D eigenvalue weighted by atomic mass is 9.48. The number of anilines is 9. The SMILES string of the molecule is CC(C)(C)c1ccc(N2c3ccc(C(C)(C)C)cc3N3c4sc5cc6c(cc5c4N(c4ccc(C(C)(C)C)cc4)c4cc(C57CC8CC(CC(C8)C5)C7)cc2c43)-c2ccccc2C6(C)C)cc1. The van der Waals surface area contributed by atoms with Gasteiger partial charge in [0.25, 0.3) is 0 Å². The lowest BCUT2D eigenvalue weighted by Crippen LogP contribution is -2.48. The summed E-state index contributed by atoms with van der Waals surface area (Å²) in [5, 5.41) is 2.64. The molecular weight excluding hydrogens is 831 g/mol. The molecule has 67 heavy (non-hydrogen) atoms. The van der Waals surface area contributed by atoms with Gasteiger partial charge in [0, 0.05) is 26.9 Å². The first-order valence-corrected chi connectivity index (χ1v) is 26.2. The second-order valence-corrected chi connectivity index (χ2v) is 26.5. The second-order valence-electron chi connectivity index (χ2n) is 25.4. The predicted molar refractivity (Wildman–Crippen MR) is 287 cm³/mol. The molecule has 4 bridgehead atoms. The highest BCUT2D eigenvalue weighted by atomic mass is 32.1. The maximum Gasteiger partial charge on any atom is 0.126 e. The molecule has 4 saturated carbocycles. The second kappa shape index (κ2) is 13.7. The van der Waals surface area contributed by atoms with Crippen molar-refractivity contribution in [3.05, 3.63) is 149 Å². The Labute approximate surface area is 403 Å². The Kier molecular flexibility index (Phi) is 8.54. The molecule has 1 aromatic heterocycles. The summed E-state index contributed by atoms with van der Waals surface area (Å²) in [5.41, 5.74) is 21.6. The van der Waals surface area contributed by atoms with E-state index in [1.54, 1.807) is 5.56 Å². The molecule has 0 spiro atoms. The average molecular weight is 898 g/mol. The lowest BCUT2D eigenvalue weighted by molar-refractivity contribution is -0.00514. The molecule has 3 heterocycles. The number of hydrogen-bond acceptors (Lipinski definition) is 4. The van der Waals surface area contributed by atoms with Gasteiger partial charge in [-0.2, -0.15) is 0 Å². The third-order valence-electron chi connectivity index (χ3n) is 17.5. The quantitative estimate of drug-likeness (QED) is 0.175. The van der Waals surface area contributed by atoms with Gasteiger partial charge in [0.05, 0.1) is 34.1 Å². The van der Waals surface area contributed by atoms with Gasteiger partial charge in [-0.25, -0.2) is 0 Å². The molecule has 2 aliphatic heterocycles. The van der Waals surface area contributed by atoms with Gasteiger partial charge >= 0.3 is 0 Å². The van der Waals surface area contributed by atoms with E-state index in [-0.39, 0.29) is 27.1 Å². The van der Waals surface area contributed by atoms with E-state index in [4.69, 9.17) is 0 Å². The first kappa shape index (κ1) is 41.8. The summed E-state index contributed by atoms with van der Waals surface area (Å²) in [7, 11) is 0. The fourth-order valence-corrected chi connectivity index (χ4v) is 15.5. The standard InChI is InChI=1S/C63H67N3S/c1-59(2,3)40-16-21-44(22-17-40)64-51-25-20-42(61(7,8)9)29-52(51)66-57-53(64)30-43(63-34-37-26-38(35-63)28-39(27-37)36-63)31-54(57)65(45-23-18-41(19-24-45)60(4,5)6)56-48-32-47-46-14-12-13-15-49(46)62(10,11)50(47)33-55(48)67-58(56)66/h12-25,29-33,37-39H,26-28,34-36H2,1-11H3. The van der Waals surface area contributed by atoms with E-state index >= 15 is 0 Å². The first-order valence-electron chi connectivity index (χ1n) is 25.4. The highest BCUT2D eigenvalue weighted by molar-refractivity contribution is 7.24. The number of rotatable bonds is 3. The first-order chi connectivity index (χ1) is 31.8. The van der Waals surface area contributed by atoms with Gasteiger partial charge in [0.1, 0.15) is 5.00 Å². The zero-order valence-corrected chi connectivity index (χ0v) is 42.5.